The molecule has 0 spiro atoms. The second kappa shape index (κ2) is 9.90. The summed E-state index contributed by atoms with van der Waals surface area (Å²) in [5, 5.41) is 10.1. The molecule has 214 valence electrons. The molecule has 0 radical (unpaired) electrons. The van der Waals surface area contributed by atoms with E-state index in [0.29, 0.717) is 0 Å². The van der Waals surface area contributed by atoms with Crippen molar-refractivity contribution in [2.45, 2.75) is 0 Å². The van der Waals surface area contributed by atoms with Crippen LogP contribution in [0.15, 0.2) is 162 Å². The van der Waals surface area contributed by atoms with Gasteiger partial charge in [0.05, 0.1) is 0 Å². The minimum atomic E-state index is 0.918. The molecule has 0 bridgehead atoms. The fourth-order valence-corrected chi connectivity index (χ4v) is 8.63. The molecule has 0 amide bonds. The van der Waals surface area contributed by atoms with Crippen LogP contribution in [0.2, 0.25) is 0 Å². The summed E-state index contributed by atoms with van der Waals surface area (Å²) in [5.41, 5.74) is 9.11. The highest BCUT2D eigenvalue weighted by Crippen LogP contribution is 2.49. The van der Waals surface area contributed by atoms with Gasteiger partial charge in [0.15, 0.2) is 0 Å². The van der Waals surface area contributed by atoms with Gasteiger partial charge in [-0.25, -0.2) is 0 Å². The lowest BCUT2D eigenvalue weighted by atomic mass is 9.84. The predicted octanol–water partition coefficient (Wildman–Crippen LogP) is 13.3. The normalized spacial score (nSPS) is 11.9. The van der Waals surface area contributed by atoms with Crippen LogP contribution in [0.4, 0.5) is 0 Å². The second-order valence-electron chi connectivity index (χ2n) is 12.0. The van der Waals surface area contributed by atoms with Crippen molar-refractivity contribution in [2.75, 3.05) is 0 Å². The van der Waals surface area contributed by atoms with E-state index in [0.717, 1.165) is 33.1 Å². The molecule has 46 heavy (non-hydrogen) atoms. The summed E-state index contributed by atoms with van der Waals surface area (Å²) in [6.45, 7) is 0. The Bertz CT molecular complexity index is 2800. The van der Waals surface area contributed by atoms with Crippen LogP contribution < -0.4 is 0 Å². The van der Waals surface area contributed by atoms with Crippen molar-refractivity contribution in [3.8, 4) is 33.4 Å². The van der Waals surface area contributed by atoms with Crippen molar-refractivity contribution < 1.29 is 4.42 Å². The molecule has 0 fully saturated rings. The lowest BCUT2D eigenvalue weighted by Crippen LogP contribution is -1.92. The first kappa shape index (κ1) is 25.6. The van der Waals surface area contributed by atoms with E-state index in [1.807, 2.05) is 17.4 Å². The zero-order valence-corrected chi connectivity index (χ0v) is 25.6. The van der Waals surface area contributed by atoms with Gasteiger partial charge >= 0.3 is 0 Å². The number of fused-ring (bicyclic) bond motifs is 9. The van der Waals surface area contributed by atoms with E-state index in [1.165, 1.54) is 64.0 Å². The van der Waals surface area contributed by atoms with Gasteiger partial charge in [0, 0.05) is 41.9 Å². The van der Waals surface area contributed by atoms with Crippen molar-refractivity contribution in [2.24, 2.45) is 0 Å². The number of benzene rings is 8. The minimum absolute atomic E-state index is 0.918. The Balaban J connectivity index is 1.35. The molecule has 0 saturated carbocycles. The minimum Gasteiger partial charge on any atom is -0.455 e. The molecule has 0 aliphatic heterocycles. The molecule has 2 aromatic heterocycles. The van der Waals surface area contributed by atoms with E-state index in [1.54, 1.807) is 0 Å². The number of furan rings is 1. The molecule has 1 nitrogen and oxygen atoms in total. The van der Waals surface area contributed by atoms with Crippen molar-refractivity contribution in [1.29, 1.82) is 0 Å². The molecular weight excluding hydrogens is 577 g/mol. The molecule has 2 heterocycles. The molecule has 10 rings (SSSR count). The Morgan fingerprint density at radius 1 is 0.370 bits per heavy atom. The van der Waals surface area contributed by atoms with Gasteiger partial charge in [-0.2, -0.15) is 0 Å². The van der Waals surface area contributed by atoms with Gasteiger partial charge in [-0.05, 0) is 68.2 Å². The van der Waals surface area contributed by atoms with Gasteiger partial charge in [-0.3, -0.25) is 0 Å². The summed E-state index contributed by atoms with van der Waals surface area (Å²) in [6, 6.07) is 57.2. The van der Waals surface area contributed by atoms with Gasteiger partial charge < -0.3 is 4.42 Å². The molecular formula is C44H26OS. The second-order valence-corrected chi connectivity index (χ2v) is 13.1. The van der Waals surface area contributed by atoms with Gasteiger partial charge in [0.1, 0.15) is 11.2 Å². The first-order valence-corrected chi connectivity index (χ1v) is 16.5. The summed E-state index contributed by atoms with van der Waals surface area (Å²) < 4.78 is 9.11. The third-order valence-electron chi connectivity index (χ3n) is 9.46. The first-order chi connectivity index (χ1) is 22.8. The van der Waals surface area contributed by atoms with E-state index in [2.05, 4.69) is 152 Å². The summed E-state index contributed by atoms with van der Waals surface area (Å²) in [7, 11) is 0. The zero-order chi connectivity index (χ0) is 30.2. The van der Waals surface area contributed by atoms with Crippen LogP contribution in [0.1, 0.15) is 0 Å². The summed E-state index contributed by atoms with van der Waals surface area (Å²) >= 11 is 1.88. The number of hydrogen-bond donors (Lipinski definition) is 0. The number of rotatable bonds is 3. The third kappa shape index (κ3) is 3.68. The maximum Gasteiger partial charge on any atom is 0.143 e. The number of para-hydroxylation sites is 2. The van der Waals surface area contributed by atoms with Crippen LogP contribution in [0.5, 0.6) is 0 Å². The van der Waals surface area contributed by atoms with Crippen molar-refractivity contribution in [3.63, 3.8) is 0 Å². The fraction of sp³-hybridized carbons (Fsp3) is 0. The predicted molar refractivity (Wildman–Crippen MR) is 198 cm³/mol. The van der Waals surface area contributed by atoms with Crippen LogP contribution in [0.3, 0.4) is 0 Å². The van der Waals surface area contributed by atoms with Crippen molar-refractivity contribution in [1.82, 2.24) is 0 Å². The topological polar surface area (TPSA) is 13.1 Å². The Kier molecular flexibility index (Phi) is 5.51. The van der Waals surface area contributed by atoms with Crippen LogP contribution in [-0.2, 0) is 0 Å². The Labute approximate surface area is 269 Å². The van der Waals surface area contributed by atoms with E-state index in [9.17, 15) is 0 Å². The molecule has 0 aliphatic rings. The smallest absolute Gasteiger partial charge is 0.143 e. The van der Waals surface area contributed by atoms with Crippen LogP contribution in [0, 0.1) is 0 Å². The lowest BCUT2D eigenvalue weighted by molar-refractivity contribution is 0.670. The van der Waals surface area contributed by atoms with Crippen molar-refractivity contribution >= 4 is 75.0 Å². The molecule has 0 saturated heterocycles. The number of thiophene rings is 1. The molecule has 2 heteroatoms. The van der Waals surface area contributed by atoms with Gasteiger partial charge in [0.25, 0.3) is 0 Å². The lowest BCUT2D eigenvalue weighted by Gasteiger charge is -2.19. The standard InChI is InChI=1S/C44H26OS/c1-2-12-27(13-3-1)40-32-17-4-5-18-33(32)41(43-36(40)24-25-39-42(43)35-19-7-9-23-38(35)46-39)29-15-10-14-28(26-29)30-20-11-21-34-31-16-6-8-22-37(31)45-44(30)34/h1-26H. The molecule has 0 aliphatic carbocycles. The fourth-order valence-electron chi connectivity index (χ4n) is 7.52. The Hall–Kier alpha value is -5.70. The van der Waals surface area contributed by atoms with Crippen LogP contribution in [-0.4, -0.2) is 0 Å². The maximum atomic E-state index is 6.49. The Morgan fingerprint density at radius 2 is 1.02 bits per heavy atom. The highest BCUT2D eigenvalue weighted by Gasteiger charge is 2.21. The SMILES string of the molecule is c1ccc(-c2c3ccccc3c(-c3cccc(-c4cccc5c4oc4ccccc45)c3)c3c2ccc2sc4ccccc4c23)cc1. The summed E-state index contributed by atoms with van der Waals surface area (Å²) in [6.07, 6.45) is 0. The van der Waals surface area contributed by atoms with E-state index < -0.39 is 0 Å². The highest BCUT2D eigenvalue weighted by molar-refractivity contribution is 7.26. The monoisotopic (exact) mass is 602 g/mol. The Morgan fingerprint density at radius 3 is 1.89 bits per heavy atom. The quantitative estimate of drug-likeness (QED) is 0.183. The van der Waals surface area contributed by atoms with Crippen molar-refractivity contribution in [3.05, 3.63) is 158 Å². The van der Waals surface area contributed by atoms with Crippen LogP contribution >= 0.6 is 11.3 Å². The molecule has 0 unspecified atom stereocenters. The average molecular weight is 603 g/mol. The molecule has 0 N–H and O–H groups in total. The highest BCUT2D eigenvalue weighted by atomic mass is 32.1. The first-order valence-electron chi connectivity index (χ1n) is 15.7. The van der Waals surface area contributed by atoms with Gasteiger partial charge in [-0.1, -0.05) is 133 Å². The van der Waals surface area contributed by atoms with E-state index in [4.69, 9.17) is 4.42 Å². The zero-order valence-electron chi connectivity index (χ0n) is 24.8. The van der Waals surface area contributed by atoms with Crippen LogP contribution in [0.25, 0.3) is 97.0 Å². The van der Waals surface area contributed by atoms with Gasteiger partial charge in [0.2, 0.25) is 0 Å². The summed E-state index contributed by atoms with van der Waals surface area (Å²) in [4.78, 5) is 0. The molecule has 8 aromatic carbocycles. The average Bonchev–Trinajstić information content (AvgIpc) is 3.70. The molecule has 0 atom stereocenters. The number of hydrogen-bond acceptors (Lipinski definition) is 2. The third-order valence-corrected chi connectivity index (χ3v) is 10.6. The van der Waals surface area contributed by atoms with E-state index in [-0.39, 0.29) is 0 Å². The molecule has 10 aromatic rings. The largest absolute Gasteiger partial charge is 0.455 e. The maximum absolute atomic E-state index is 6.49. The van der Waals surface area contributed by atoms with Gasteiger partial charge in [-0.15, -0.1) is 11.3 Å². The summed E-state index contributed by atoms with van der Waals surface area (Å²) in [5.74, 6) is 0. The van der Waals surface area contributed by atoms with E-state index >= 15 is 0 Å².